The number of aromatic nitrogens is 1. The average molecular weight is 187 g/mol. The van der Waals surface area contributed by atoms with Gasteiger partial charge >= 0.3 is 0 Å². The molecule has 14 heavy (non-hydrogen) atoms. The summed E-state index contributed by atoms with van der Waals surface area (Å²) in [6, 6.07) is 8.72. The Morgan fingerprint density at radius 3 is 2.93 bits per heavy atom. The molecule has 0 atom stereocenters. The highest BCUT2D eigenvalue weighted by Crippen LogP contribution is 2.30. The van der Waals surface area contributed by atoms with E-state index < -0.39 is 0 Å². The summed E-state index contributed by atoms with van der Waals surface area (Å²) in [7, 11) is 0. The van der Waals surface area contributed by atoms with Crippen molar-refractivity contribution < 1.29 is 0 Å². The summed E-state index contributed by atoms with van der Waals surface area (Å²) in [5.74, 6) is 1.00. The molecule has 1 aromatic heterocycles. The van der Waals surface area contributed by atoms with Crippen molar-refractivity contribution in [2.75, 3.05) is 11.4 Å². The Kier molecular flexibility index (Phi) is 2.64. The molecule has 1 aliphatic rings. The lowest BCUT2D eigenvalue weighted by Gasteiger charge is -2.21. The number of nitriles is 1. The van der Waals surface area contributed by atoms with Gasteiger partial charge in [-0.05, 0) is 25.0 Å². The monoisotopic (exact) mass is 187 g/mol. The fourth-order valence-electron chi connectivity index (χ4n) is 1.56. The van der Waals surface area contributed by atoms with E-state index in [1.807, 2.05) is 18.2 Å². The second-order valence-electron chi connectivity index (χ2n) is 3.52. The average Bonchev–Trinajstić information content (AvgIpc) is 3.04. The second kappa shape index (κ2) is 4.10. The van der Waals surface area contributed by atoms with Crippen molar-refractivity contribution in [1.29, 1.82) is 5.26 Å². The summed E-state index contributed by atoms with van der Waals surface area (Å²) in [6.45, 7) is 0.804. The van der Waals surface area contributed by atoms with E-state index in [1.54, 1.807) is 6.20 Å². The molecule has 3 nitrogen and oxygen atoms in total. The molecule has 3 heteroatoms. The fourth-order valence-corrected chi connectivity index (χ4v) is 1.56. The third-order valence-electron chi connectivity index (χ3n) is 2.40. The number of nitrogens with zero attached hydrogens (tertiary/aromatic N) is 3. The van der Waals surface area contributed by atoms with Gasteiger partial charge in [0.1, 0.15) is 5.82 Å². The van der Waals surface area contributed by atoms with E-state index in [4.69, 9.17) is 5.26 Å². The lowest BCUT2D eigenvalue weighted by Crippen LogP contribution is -2.27. The van der Waals surface area contributed by atoms with Crippen LogP contribution in [0, 0.1) is 11.3 Å². The standard InChI is InChI=1S/C11H13N3/c12-7-3-9-14(10-5-6-10)11-4-1-2-8-13-11/h1-2,4,8,10H,3,5-6,9H2. The van der Waals surface area contributed by atoms with Crippen LogP contribution in [0.4, 0.5) is 5.82 Å². The third-order valence-corrected chi connectivity index (χ3v) is 2.40. The van der Waals surface area contributed by atoms with Gasteiger partial charge in [0.05, 0.1) is 12.5 Å². The molecule has 1 fully saturated rings. The highest BCUT2D eigenvalue weighted by molar-refractivity contribution is 5.40. The van der Waals surface area contributed by atoms with Crippen LogP contribution >= 0.6 is 0 Å². The maximum absolute atomic E-state index is 8.57. The Hall–Kier alpha value is -1.56. The lowest BCUT2D eigenvalue weighted by atomic mass is 10.3. The molecule has 0 spiro atoms. The van der Waals surface area contributed by atoms with E-state index in [0.29, 0.717) is 12.5 Å². The van der Waals surface area contributed by atoms with Gasteiger partial charge in [0.15, 0.2) is 0 Å². The van der Waals surface area contributed by atoms with E-state index in [9.17, 15) is 0 Å². The van der Waals surface area contributed by atoms with Crippen LogP contribution in [-0.4, -0.2) is 17.6 Å². The summed E-state index contributed by atoms with van der Waals surface area (Å²) >= 11 is 0. The number of anilines is 1. The van der Waals surface area contributed by atoms with Crippen LogP contribution in [0.5, 0.6) is 0 Å². The van der Waals surface area contributed by atoms with Crippen LogP contribution in [0.1, 0.15) is 19.3 Å². The zero-order chi connectivity index (χ0) is 9.80. The first kappa shape index (κ1) is 9.01. The molecule has 1 aromatic rings. The first-order chi connectivity index (χ1) is 6.92. The van der Waals surface area contributed by atoms with Gasteiger partial charge < -0.3 is 4.90 Å². The van der Waals surface area contributed by atoms with Gasteiger partial charge in [-0.15, -0.1) is 0 Å². The molecule has 1 saturated carbocycles. The van der Waals surface area contributed by atoms with Gasteiger partial charge in [0, 0.05) is 18.8 Å². The number of pyridine rings is 1. The maximum Gasteiger partial charge on any atom is 0.128 e. The van der Waals surface area contributed by atoms with Crippen LogP contribution in [0.15, 0.2) is 24.4 Å². The van der Waals surface area contributed by atoms with E-state index in [0.717, 1.165) is 12.4 Å². The fraction of sp³-hybridized carbons (Fsp3) is 0.455. The Bertz CT molecular complexity index is 324. The molecule has 0 amide bonds. The third kappa shape index (κ3) is 2.02. The zero-order valence-corrected chi connectivity index (χ0v) is 8.06. The molecule has 0 aromatic carbocycles. The molecule has 0 radical (unpaired) electrons. The van der Waals surface area contributed by atoms with Gasteiger partial charge in [0.25, 0.3) is 0 Å². The minimum absolute atomic E-state index is 0.576. The van der Waals surface area contributed by atoms with Gasteiger partial charge in [-0.3, -0.25) is 0 Å². The predicted molar refractivity (Wildman–Crippen MR) is 54.8 cm³/mol. The van der Waals surface area contributed by atoms with Crippen LogP contribution in [0.2, 0.25) is 0 Å². The Balaban J connectivity index is 2.07. The van der Waals surface area contributed by atoms with Crippen LogP contribution < -0.4 is 4.90 Å². The minimum atomic E-state index is 0.576. The Morgan fingerprint density at radius 1 is 1.50 bits per heavy atom. The van der Waals surface area contributed by atoms with Gasteiger partial charge in [-0.1, -0.05) is 6.07 Å². The van der Waals surface area contributed by atoms with Gasteiger partial charge in [0.2, 0.25) is 0 Å². The second-order valence-corrected chi connectivity index (χ2v) is 3.52. The number of rotatable bonds is 4. The van der Waals surface area contributed by atoms with Crippen LogP contribution in [0.25, 0.3) is 0 Å². The van der Waals surface area contributed by atoms with Gasteiger partial charge in [-0.2, -0.15) is 5.26 Å². The predicted octanol–water partition coefficient (Wildman–Crippen LogP) is 1.96. The molecule has 0 bridgehead atoms. The van der Waals surface area contributed by atoms with E-state index in [1.165, 1.54) is 12.8 Å². The van der Waals surface area contributed by atoms with E-state index >= 15 is 0 Å². The SMILES string of the molecule is N#CCCN(c1ccccn1)C1CC1. The summed E-state index contributed by atoms with van der Waals surface area (Å²) in [4.78, 5) is 6.55. The number of hydrogen-bond donors (Lipinski definition) is 0. The highest BCUT2D eigenvalue weighted by atomic mass is 15.2. The zero-order valence-electron chi connectivity index (χ0n) is 8.06. The van der Waals surface area contributed by atoms with E-state index in [-0.39, 0.29) is 0 Å². The van der Waals surface area contributed by atoms with E-state index in [2.05, 4.69) is 16.0 Å². The van der Waals surface area contributed by atoms with Crippen molar-refractivity contribution in [3.8, 4) is 6.07 Å². The molecule has 0 saturated heterocycles. The topological polar surface area (TPSA) is 39.9 Å². The first-order valence-electron chi connectivity index (χ1n) is 4.96. The largest absolute Gasteiger partial charge is 0.353 e. The molecule has 0 N–H and O–H groups in total. The molecule has 0 aliphatic heterocycles. The van der Waals surface area contributed by atoms with Crippen LogP contribution in [-0.2, 0) is 0 Å². The normalized spacial score (nSPS) is 14.8. The maximum atomic E-state index is 8.57. The quantitative estimate of drug-likeness (QED) is 0.723. The van der Waals surface area contributed by atoms with Crippen molar-refractivity contribution in [3.05, 3.63) is 24.4 Å². The Labute approximate surface area is 84.0 Å². The molecular formula is C11H13N3. The number of hydrogen-bond acceptors (Lipinski definition) is 3. The van der Waals surface area contributed by atoms with Crippen molar-refractivity contribution >= 4 is 5.82 Å². The molecule has 1 aliphatic carbocycles. The minimum Gasteiger partial charge on any atom is -0.353 e. The molecule has 1 heterocycles. The molecule has 72 valence electrons. The smallest absolute Gasteiger partial charge is 0.128 e. The molecular weight excluding hydrogens is 174 g/mol. The van der Waals surface area contributed by atoms with Crippen molar-refractivity contribution in [2.45, 2.75) is 25.3 Å². The Morgan fingerprint density at radius 2 is 2.36 bits per heavy atom. The first-order valence-corrected chi connectivity index (χ1v) is 4.96. The van der Waals surface area contributed by atoms with Crippen molar-refractivity contribution in [2.24, 2.45) is 0 Å². The summed E-state index contributed by atoms with van der Waals surface area (Å²) in [6.07, 6.45) is 4.86. The molecule has 0 unspecified atom stereocenters. The summed E-state index contributed by atoms with van der Waals surface area (Å²) in [5.41, 5.74) is 0. The van der Waals surface area contributed by atoms with Crippen molar-refractivity contribution in [3.63, 3.8) is 0 Å². The van der Waals surface area contributed by atoms with Crippen molar-refractivity contribution in [1.82, 2.24) is 4.98 Å². The van der Waals surface area contributed by atoms with Crippen LogP contribution in [0.3, 0.4) is 0 Å². The molecule has 2 rings (SSSR count). The summed E-state index contributed by atoms with van der Waals surface area (Å²) < 4.78 is 0. The van der Waals surface area contributed by atoms with Gasteiger partial charge in [-0.25, -0.2) is 4.98 Å². The highest BCUT2D eigenvalue weighted by Gasteiger charge is 2.29. The lowest BCUT2D eigenvalue weighted by molar-refractivity contribution is 0.778. The summed E-state index contributed by atoms with van der Waals surface area (Å²) in [5, 5.41) is 8.57.